The summed E-state index contributed by atoms with van der Waals surface area (Å²) in [7, 11) is 0. The second-order valence-corrected chi connectivity index (χ2v) is 5.99. The van der Waals surface area contributed by atoms with Crippen LogP contribution in [0.3, 0.4) is 0 Å². The van der Waals surface area contributed by atoms with Crippen molar-refractivity contribution < 1.29 is 19.4 Å². The smallest absolute Gasteiger partial charge is 0.408 e. The van der Waals surface area contributed by atoms with Crippen LogP contribution in [0, 0.1) is 0 Å². The van der Waals surface area contributed by atoms with Crippen LogP contribution in [-0.4, -0.2) is 23.1 Å². The number of aromatic hydroxyl groups is 1. The van der Waals surface area contributed by atoms with Gasteiger partial charge in [-0.3, -0.25) is 0 Å². The maximum atomic E-state index is 11.8. The molecule has 6 heteroatoms. The van der Waals surface area contributed by atoms with Crippen molar-refractivity contribution in [1.29, 1.82) is 0 Å². The Bertz CT molecular complexity index is 524. The summed E-state index contributed by atoms with van der Waals surface area (Å²) in [6.07, 6.45) is -0.242. The molecule has 2 N–H and O–H groups in total. The second kappa shape index (κ2) is 5.71. The van der Waals surface area contributed by atoms with Gasteiger partial charge in [-0.05, 0) is 33.8 Å². The Morgan fingerprint density at radius 3 is 2.45 bits per heavy atom. The molecule has 0 aromatic heterocycles. The zero-order valence-corrected chi connectivity index (χ0v) is 12.6. The fourth-order valence-corrected chi connectivity index (χ4v) is 1.78. The molecule has 0 spiro atoms. The number of hydrogen-bond acceptors (Lipinski definition) is 4. The first-order valence-electron chi connectivity index (χ1n) is 6.04. The number of carbonyl (C=O) groups excluding carboxylic acids is 2. The average molecular weight is 300 g/mol. The van der Waals surface area contributed by atoms with Crippen molar-refractivity contribution in [3.8, 4) is 5.75 Å². The van der Waals surface area contributed by atoms with Gasteiger partial charge in [0, 0.05) is 5.56 Å². The zero-order valence-electron chi connectivity index (χ0n) is 11.9. The van der Waals surface area contributed by atoms with E-state index in [1.165, 1.54) is 19.1 Å². The number of phenolic OH excluding ortho intramolecular Hbond substituents is 1. The Labute approximate surface area is 122 Å². The topological polar surface area (TPSA) is 75.6 Å². The lowest BCUT2D eigenvalue weighted by atomic mass is 9.93. The lowest BCUT2D eigenvalue weighted by Gasteiger charge is -2.28. The van der Waals surface area contributed by atoms with Crippen LogP contribution in [0.25, 0.3) is 0 Å². The first kappa shape index (κ1) is 16.3. The van der Waals surface area contributed by atoms with E-state index in [-0.39, 0.29) is 16.3 Å². The van der Waals surface area contributed by atoms with E-state index in [2.05, 4.69) is 5.32 Å². The van der Waals surface area contributed by atoms with E-state index >= 15 is 0 Å². The molecular weight excluding hydrogens is 282 g/mol. The number of nitrogens with one attached hydrogen (secondary N) is 1. The van der Waals surface area contributed by atoms with Crippen LogP contribution in [-0.2, 0) is 15.1 Å². The molecular formula is C14H18ClNO4. The number of para-hydroxylation sites is 1. The summed E-state index contributed by atoms with van der Waals surface area (Å²) in [5, 5.41) is 12.5. The number of benzene rings is 1. The van der Waals surface area contributed by atoms with Crippen molar-refractivity contribution in [2.75, 3.05) is 0 Å². The monoisotopic (exact) mass is 299 g/mol. The first-order chi connectivity index (χ1) is 9.09. The predicted molar refractivity (Wildman–Crippen MR) is 75.9 cm³/mol. The molecule has 5 nitrogen and oxygen atoms in total. The van der Waals surface area contributed by atoms with Gasteiger partial charge in [-0.1, -0.05) is 23.7 Å². The number of alkyl carbamates (subject to hydrolysis) is 1. The molecule has 0 saturated heterocycles. The van der Waals surface area contributed by atoms with Crippen LogP contribution >= 0.6 is 11.6 Å². The highest BCUT2D eigenvalue weighted by Crippen LogP contribution is 2.33. The standard InChI is InChI=1S/C14H18ClNO4/c1-13(2,3)20-12(19)16-14(4,8-17)9-6-5-7-10(15)11(9)18/h5-8,18H,1-4H3,(H,16,19). The molecule has 0 aliphatic heterocycles. The number of hydrogen-bond donors (Lipinski definition) is 2. The Morgan fingerprint density at radius 1 is 1.35 bits per heavy atom. The van der Waals surface area contributed by atoms with Gasteiger partial charge in [0.15, 0.2) is 0 Å². The third kappa shape index (κ3) is 3.87. The van der Waals surface area contributed by atoms with Gasteiger partial charge in [-0.15, -0.1) is 0 Å². The highest BCUT2D eigenvalue weighted by molar-refractivity contribution is 6.32. The van der Waals surface area contributed by atoms with Crippen LogP contribution in [0.15, 0.2) is 18.2 Å². The van der Waals surface area contributed by atoms with Crippen molar-refractivity contribution >= 4 is 24.0 Å². The Kier molecular flexibility index (Phi) is 4.65. The molecule has 0 bridgehead atoms. The summed E-state index contributed by atoms with van der Waals surface area (Å²) >= 11 is 5.81. The van der Waals surface area contributed by atoms with E-state index in [0.717, 1.165) is 0 Å². The molecule has 110 valence electrons. The fourth-order valence-electron chi connectivity index (χ4n) is 1.61. The zero-order chi connectivity index (χ0) is 15.6. The minimum atomic E-state index is -1.43. The summed E-state index contributed by atoms with van der Waals surface area (Å²) in [4.78, 5) is 23.2. The van der Waals surface area contributed by atoms with E-state index in [0.29, 0.717) is 6.29 Å². The van der Waals surface area contributed by atoms with Crippen molar-refractivity contribution in [1.82, 2.24) is 5.32 Å². The van der Waals surface area contributed by atoms with Crippen LogP contribution in [0.5, 0.6) is 5.75 Å². The Morgan fingerprint density at radius 2 is 1.95 bits per heavy atom. The summed E-state index contributed by atoms with van der Waals surface area (Å²) in [6.45, 7) is 6.58. The van der Waals surface area contributed by atoms with E-state index in [1.54, 1.807) is 26.8 Å². The van der Waals surface area contributed by atoms with Gasteiger partial charge in [0.2, 0.25) is 0 Å². The lowest BCUT2D eigenvalue weighted by molar-refractivity contribution is -0.113. The highest BCUT2D eigenvalue weighted by atomic mass is 35.5. The molecule has 0 fully saturated rings. The van der Waals surface area contributed by atoms with Gasteiger partial charge in [0.05, 0.1) is 5.02 Å². The predicted octanol–water partition coefficient (Wildman–Crippen LogP) is 2.98. The molecule has 1 aromatic carbocycles. The molecule has 0 saturated carbocycles. The highest BCUT2D eigenvalue weighted by Gasteiger charge is 2.33. The number of carbonyl (C=O) groups is 2. The minimum Gasteiger partial charge on any atom is -0.506 e. The van der Waals surface area contributed by atoms with Crippen LogP contribution < -0.4 is 5.32 Å². The average Bonchev–Trinajstić information content (AvgIpc) is 2.29. The van der Waals surface area contributed by atoms with E-state index in [1.807, 2.05) is 0 Å². The molecule has 0 heterocycles. The molecule has 0 aliphatic carbocycles. The van der Waals surface area contributed by atoms with Crippen LogP contribution in [0.2, 0.25) is 5.02 Å². The van der Waals surface area contributed by atoms with Gasteiger partial charge in [0.1, 0.15) is 23.2 Å². The summed E-state index contributed by atoms with van der Waals surface area (Å²) in [6, 6.07) is 4.57. The second-order valence-electron chi connectivity index (χ2n) is 5.58. The van der Waals surface area contributed by atoms with Gasteiger partial charge in [0.25, 0.3) is 0 Å². The minimum absolute atomic E-state index is 0.0987. The van der Waals surface area contributed by atoms with Crippen LogP contribution in [0.1, 0.15) is 33.3 Å². The fraction of sp³-hybridized carbons (Fsp3) is 0.429. The van der Waals surface area contributed by atoms with Gasteiger partial charge < -0.3 is 20.0 Å². The first-order valence-corrected chi connectivity index (χ1v) is 6.42. The van der Waals surface area contributed by atoms with Crippen molar-refractivity contribution in [3.05, 3.63) is 28.8 Å². The summed E-state index contributed by atoms with van der Waals surface area (Å²) in [5.41, 5.74) is -1.92. The Balaban J connectivity index is 3.06. The quantitative estimate of drug-likeness (QED) is 0.841. The molecule has 1 aromatic rings. The maximum Gasteiger partial charge on any atom is 0.408 e. The van der Waals surface area contributed by atoms with Crippen LogP contribution in [0.4, 0.5) is 4.79 Å². The van der Waals surface area contributed by atoms with Crippen molar-refractivity contribution in [3.63, 3.8) is 0 Å². The molecule has 1 rings (SSSR count). The van der Waals surface area contributed by atoms with Gasteiger partial charge in [-0.25, -0.2) is 4.79 Å². The normalized spacial score (nSPS) is 14.2. The number of ether oxygens (including phenoxy) is 1. The van der Waals surface area contributed by atoms with E-state index in [4.69, 9.17) is 16.3 Å². The van der Waals surface area contributed by atoms with Gasteiger partial charge >= 0.3 is 6.09 Å². The maximum absolute atomic E-state index is 11.8. The number of halogens is 1. The largest absolute Gasteiger partial charge is 0.506 e. The third-order valence-electron chi connectivity index (χ3n) is 2.54. The molecule has 1 atom stereocenters. The molecule has 0 aliphatic rings. The Hall–Kier alpha value is -1.75. The lowest BCUT2D eigenvalue weighted by Crippen LogP contribution is -2.47. The number of amides is 1. The molecule has 1 amide bonds. The van der Waals surface area contributed by atoms with Gasteiger partial charge in [-0.2, -0.15) is 0 Å². The van der Waals surface area contributed by atoms with Crippen molar-refractivity contribution in [2.24, 2.45) is 0 Å². The number of rotatable bonds is 3. The molecule has 20 heavy (non-hydrogen) atoms. The number of phenols is 1. The van der Waals surface area contributed by atoms with E-state index < -0.39 is 17.2 Å². The SMILES string of the molecule is CC(C)(C)OC(=O)NC(C)(C=O)c1cccc(Cl)c1O. The molecule has 0 radical (unpaired) electrons. The molecule has 1 unspecified atom stereocenters. The number of aldehydes is 1. The summed E-state index contributed by atoms with van der Waals surface area (Å²) < 4.78 is 5.10. The summed E-state index contributed by atoms with van der Waals surface area (Å²) in [5.74, 6) is -0.250. The van der Waals surface area contributed by atoms with E-state index in [9.17, 15) is 14.7 Å². The third-order valence-corrected chi connectivity index (χ3v) is 2.85. The van der Waals surface area contributed by atoms with Crippen molar-refractivity contribution in [2.45, 2.75) is 38.8 Å².